The summed E-state index contributed by atoms with van der Waals surface area (Å²) >= 11 is 0. The number of aromatic nitrogens is 1. The summed E-state index contributed by atoms with van der Waals surface area (Å²) in [5.41, 5.74) is 8.96. The number of benzene rings is 2. The maximum atomic E-state index is 14.7. The van der Waals surface area contributed by atoms with Crippen molar-refractivity contribution in [2.24, 2.45) is 10.7 Å². The second kappa shape index (κ2) is 8.45. The molecule has 0 amide bonds. The van der Waals surface area contributed by atoms with Crippen molar-refractivity contribution in [1.29, 1.82) is 0 Å². The van der Waals surface area contributed by atoms with Crippen LogP contribution in [0.15, 0.2) is 64.1 Å². The Morgan fingerprint density at radius 3 is 2.62 bits per heavy atom. The van der Waals surface area contributed by atoms with Gasteiger partial charge in [-0.3, -0.25) is 0 Å². The van der Waals surface area contributed by atoms with E-state index in [4.69, 9.17) is 15.0 Å². The first-order valence-electron chi connectivity index (χ1n) is 9.60. The van der Waals surface area contributed by atoms with E-state index in [1.807, 2.05) is 48.2 Å². The van der Waals surface area contributed by atoms with Crippen molar-refractivity contribution in [3.8, 4) is 11.1 Å². The minimum absolute atomic E-state index is 0.147. The fourth-order valence-corrected chi connectivity index (χ4v) is 3.33. The Kier molecular flexibility index (Phi) is 5.57. The summed E-state index contributed by atoms with van der Waals surface area (Å²) in [6.45, 7) is 4.59. The summed E-state index contributed by atoms with van der Waals surface area (Å²) in [4.78, 5) is 6.25. The highest BCUT2D eigenvalue weighted by molar-refractivity contribution is 5.80. The third kappa shape index (κ3) is 4.30. The maximum Gasteiger partial charge on any atom is 0.253 e. The number of guanidine groups is 1. The molecule has 150 valence electrons. The van der Waals surface area contributed by atoms with Gasteiger partial charge in [0.25, 0.3) is 5.88 Å². The molecule has 2 heterocycles. The summed E-state index contributed by atoms with van der Waals surface area (Å²) in [5.74, 6) is 0.296. The quantitative estimate of drug-likeness (QED) is 0.536. The zero-order valence-electron chi connectivity index (χ0n) is 16.2. The van der Waals surface area contributed by atoms with Gasteiger partial charge in [0.2, 0.25) is 0 Å². The van der Waals surface area contributed by atoms with Crippen LogP contribution in [-0.4, -0.2) is 42.3 Å². The maximum absolute atomic E-state index is 14.7. The number of rotatable bonds is 4. The van der Waals surface area contributed by atoms with Crippen molar-refractivity contribution in [2.75, 3.05) is 26.3 Å². The lowest BCUT2D eigenvalue weighted by Crippen LogP contribution is -2.44. The molecule has 6 nitrogen and oxygen atoms in total. The van der Waals surface area contributed by atoms with Crippen LogP contribution in [-0.2, 0) is 4.74 Å². The number of morpholine rings is 1. The van der Waals surface area contributed by atoms with Gasteiger partial charge < -0.3 is 19.9 Å². The first kappa shape index (κ1) is 19.1. The van der Waals surface area contributed by atoms with Crippen LogP contribution in [0.2, 0.25) is 0 Å². The van der Waals surface area contributed by atoms with Crippen LogP contribution in [0.25, 0.3) is 11.1 Å². The Morgan fingerprint density at radius 1 is 1.14 bits per heavy atom. The average Bonchev–Trinajstić information content (AvgIpc) is 3.23. The summed E-state index contributed by atoms with van der Waals surface area (Å²) in [6.07, 6.45) is 0. The molecule has 1 aromatic heterocycles. The van der Waals surface area contributed by atoms with Crippen LogP contribution in [0.1, 0.15) is 24.1 Å². The topological polar surface area (TPSA) is 76.9 Å². The van der Waals surface area contributed by atoms with Gasteiger partial charge in [-0.1, -0.05) is 54.5 Å². The van der Waals surface area contributed by atoms with Crippen molar-refractivity contribution in [1.82, 2.24) is 10.1 Å². The molecule has 0 saturated carbocycles. The minimum atomic E-state index is -0.265. The molecule has 29 heavy (non-hydrogen) atoms. The monoisotopic (exact) mass is 394 g/mol. The third-order valence-corrected chi connectivity index (χ3v) is 5.10. The standard InChI is InChI=1S/C22H23FN4O2/c1-15(17-7-8-18(19(23)13-17)16-5-3-2-4-6-16)20-14-21(29-26-20)25-22(24)27-9-11-28-12-10-27/h2-8,13-15H,9-12H2,1H3,(H2,24,25)/t15-/m0/s1. The predicted molar refractivity (Wildman–Crippen MR) is 110 cm³/mol. The fourth-order valence-electron chi connectivity index (χ4n) is 3.33. The molecule has 0 bridgehead atoms. The van der Waals surface area contributed by atoms with E-state index in [1.54, 1.807) is 18.2 Å². The number of nitrogens with two attached hydrogens (primary N) is 1. The second-order valence-corrected chi connectivity index (χ2v) is 6.99. The highest BCUT2D eigenvalue weighted by Crippen LogP contribution is 2.30. The number of hydrogen-bond acceptors (Lipinski definition) is 4. The molecule has 1 fully saturated rings. The summed E-state index contributed by atoms with van der Waals surface area (Å²) in [5, 5.41) is 4.10. The van der Waals surface area contributed by atoms with E-state index in [2.05, 4.69) is 10.1 Å². The van der Waals surface area contributed by atoms with Gasteiger partial charge in [-0.05, 0) is 17.2 Å². The average molecular weight is 394 g/mol. The Bertz CT molecular complexity index is 997. The minimum Gasteiger partial charge on any atom is -0.378 e. The van der Waals surface area contributed by atoms with Crippen molar-refractivity contribution in [2.45, 2.75) is 12.8 Å². The fraction of sp³-hybridized carbons (Fsp3) is 0.273. The smallest absolute Gasteiger partial charge is 0.253 e. The van der Waals surface area contributed by atoms with Crippen LogP contribution < -0.4 is 5.73 Å². The molecule has 3 aromatic rings. The number of ether oxygens (including phenoxy) is 1. The molecule has 1 aliphatic rings. The molecule has 1 atom stereocenters. The zero-order chi connectivity index (χ0) is 20.2. The van der Waals surface area contributed by atoms with Crippen molar-refractivity contribution >= 4 is 11.8 Å². The molecule has 0 aliphatic carbocycles. The van der Waals surface area contributed by atoms with Crippen LogP contribution >= 0.6 is 0 Å². The molecule has 0 radical (unpaired) electrons. The van der Waals surface area contributed by atoms with Crippen LogP contribution in [0.5, 0.6) is 0 Å². The van der Waals surface area contributed by atoms with Gasteiger partial charge >= 0.3 is 0 Å². The molecular weight excluding hydrogens is 371 g/mol. The number of halogens is 1. The van der Waals surface area contributed by atoms with Crippen molar-refractivity contribution in [3.63, 3.8) is 0 Å². The Hall–Kier alpha value is -3.19. The molecule has 2 N–H and O–H groups in total. The number of nitrogens with zero attached hydrogens (tertiary/aromatic N) is 3. The van der Waals surface area contributed by atoms with Gasteiger partial charge in [0.15, 0.2) is 5.96 Å². The molecule has 2 aromatic carbocycles. The molecule has 1 saturated heterocycles. The first-order chi connectivity index (χ1) is 14.1. The van der Waals surface area contributed by atoms with E-state index in [1.165, 1.54) is 0 Å². The molecular formula is C22H23FN4O2. The van der Waals surface area contributed by atoms with E-state index in [-0.39, 0.29) is 11.7 Å². The highest BCUT2D eigenvalue weighted by Gasteiger charge is 2.18. The van der Waals surface area contributed by atoms with Gasteiger partial charge in [0.1, 0.15) is 5.82 Å². The lowest BCUT2D eigenvalue weighted by molar-refractivity contribution is 0.0675. The van der Waals surface area contributed by atoms with Gasteiger partial charge in [0, 0.05) is 30.6 Å². The summed E-state index contributed by atoms with van der Waals surface area (Å²) in [7, 11) is 0. The second-order valence-electron chi connectivity index (χ2n) is 6.99. The molecule has 4 rings (SSSR count). The highest BCUT2D eigenvalue weighted by atomic mass is 19.1. The summed E-state index contributed by atoms with van der Waals surface area (Å²) in [6, 6.07) is 16.5. The Labute approximate surface area is 168 Å². The van der Waals surface area contributed by atoms with Gasteiger partial charge in [-0.2, -0.15) is 4.99 Å². The van der Waals surface area contributed by atoms with Crippen molar-refractivity contribution in [3.05, 3.63) is 71.7 Å². The first-order valence-corrected chi connectivity index (χ1v) is 9.60. The Balaban J connectivity index is 1.51. The van der Waals surface area contributed by atoms with Crippen LogP contribution in [0, 0.1) is 5.82 Å². The Morgan fingerprint density at radius 2 is 1.90 bits per heavy atom. The molecule has 0 spiro atoms. The van der Waals surface area contributed by atoms with Gasteiger partial charge in [-0.25, -0.2) is 4.39 Å². The lowest BCUT2D eigenvalue weighted by Gasteiger charge is -2.27. The molecule has 1 aliphatic heterocycles. The largest absolute Gasteiger partial charge is 0.378 e. The van der Waals surface area contributed by atoms with E-state index >= 15 is 0 Å². The van der Waals surface area contributed by atoms with E-state index in [9.17, 15) is 4.39 Å². The zero-order valence-corrected chi connectivity index (χ0v) is 16.2. The van der Waals surface area contributed by atoms with Crippen molar-refractivity contribution < 1.29 is 13.7 Å². The van der Waals surface area contributed by atoms with E-state index < -0.39 is 0 Å². The SMILES string of the molecule is C[C@@H](c1ccc(-c2ccccc2)c(F)c1)c1cc(/N=C(\N)N2CCOCC2)on1. The lowest BCUT2D eigenvalue weighted by atomic mass is 9.95. The van der Waals surface area contributed by atoms with Gasteiger partial charge in [0.05, 0.1) is 18.9 Å². The van der Waals surface area contributed by atoms with Crippen LogP contribution in [0.3, 0.4) is 0 Å². The molecule has 7 heteroatoms. The van der Waals surface area contributed by atoms with Crippen LogP contribution in [0.4, 0.5) is 10.3 Å². The van der Waals surface area contributed by atoms with E-state index in [0.29, 0.717) is 49.4 Å². The van der Waals surface area contributed by atoms with Gasteiger partial charge in [-0.15, -0.1) is 0 Å². The molecule has 0 unspecified atom stereocenters. The third-order valence-electron chi connectivity index (χ3n) is 5.10. The summed E-state index contributed by atoms with van der Waals surface area (Å²) < 4.78 is 25.3. The predicted octanol–water partition coefficient (Wildman–Crippen LogP) is 3.91. The number of hydrogen-bond donors (Lipinski definition) is 1. The number of aliphatic imine (C=N–C) groups is 1. The van der Waals surface area contributed by atoms with E-state index in [0.717, 1.165) is 11.1 Å². The normalized spacial score (nSPS) is 16.1.